The number of piperidine rings is 1. The van der Waals surface area contributed by atoms with Gasteiger partial charge < -0.3 is 20.1 Å². The van der Waals surface area contributed by atoms with Crippen LogP contribution < -0.4 is 15.2 Å². The lowest BCUT2D eigenvalue weighted by molar-refractivity contribution is -0.132. The lowest BCUT2D eigenvalue weighted by atomic mass is 9.92. The molecule has 2 unspecified atom stereocenters. The van der Waals surface area contributed by atoms with Gasteiger partial charge in [-0.2, -0.15) is 0 Å². The minimum Gasteiger partial charge on any atom is -0.486 e. The van der Waals surface area contributed by atoms with Gasteiger partial charge in [-0.05, 0) is 43.4 Å². The second-order valence-corrected chi connectivity index (χ2v) is 6.79. The highest BCUT2D eigenvalue weighted by Crippen LogP contribution is 2.38. The van der Waals surface area contributed by atoms with Gasteiger partial charge in [-0.15, -0.1) is 0 Å². The molecule has 0 aliphatic carbocycles. The zero-order chi connectivity index (χ0) is 16.4. The third kappa shape index (κ3) is 3.72. The summed E-state index contributed by atoms with van der Waals surface area (Å²) in [6.45, 7) is 4.56. The van der Waals surface area contributed by atoms with Gasteiger partial charge in [-0.25, -0.2) is 0 Å². The Morgan fingerprint density at radius 1 is 1.43 bits per heavy atom. The van der Waals surface area contributed by atoms with E-state index in [0.717, 1.165) is 31.5 Å². The van der Waals surface area contributed by atoms with Crippen LogP contribution in [0.4, 0.5) is 0 Å². The number of ether oxygens (including phenoxy) is 2. The second kappa shape index (κ2) is 6.97. The van der Waals surface area contributed by atoms with Crippen LogP contribution >= 0.6 is 11.6 Å². The predicted octanol–water partition coefficient (Wildman–Crippen LogP) is 2.24. The zero-order valence-electron chi connectivity index (χ0n) is 13.4. The molecule has 0 bridgehead atoms. The Labute approximate surface area is 141 Å². The van der Waals surface area contributed by atoms with Gasteiger partial charge in [-0.1, -0.05) is 11.6 Å². The summed E-state index contributed by atoms with van der Waals surface area (Å²) in [5.74, 6) is 1.70. The molecule has 2 aliphatic heterocycles. The van der Waals surface area contributed by atoms with E-state index in [1.165, 1.54) is 0 Å². The average Bonchev–Trinajstić information content (AvgIpc) is 2.55. The van der Waals surface area contributed by atoms with E-state index in [2.05, 4.69) is 0 Å². The average molecular weight is 339 g/mol. The first-order valence-electron chi connectivity index (χ1n) is 8.16. The zero-order valence-corrected chi connectivity index (χ0v) is 14.1. The van der Waals surface area contributed by atoms with Crippen molar-refractivity contribution in [2.24, 2.45) is 11.7 Å². The van der Waals surface area contributed by atoms with Crippen LogP contribution in [0.3, 0.4) is 0 Å². The first-order valence-corrected chi connectivity index (χ1v) is 8.54. The van der Waals surface area contributed by atoms with Gasteiger partial charge in [0.25, 0.3) is 0 Å². The maximum absolute atomic E-state index is 12.6. The number of fused-ring (bicyclic) bond motifs is 1. The number of carbonyl (C=O) groups excluding carboxylic acids is 1. The number of nitrogens with two attached hydrogens (primary N) is 1. The van der Waals surface area contributed by atoms with Crippen molar-refractivity contribution in [1.29, 1.82) is 0 Å². The summed E-state index contributed by atoms with van der Waals surface area (Å²) in [6, 6.07) is 3.76. The lowest BCUT2D eigenvalue weighted by Gasteiger charge is -2.34. The SMILES string of the molecule is CC(N)C1CCCN(C(=O)Cc2cc(Cl)c3c(c2)OCCO3)C1. The summed E-state index contributed by atoms with van der Waals surface area (Å²) in [6.07, 6.45) is 2.43. The van der Waals surface area contributed by atoms with Crippen molar-refractivity contribution >= 4 is 17.5 Å². The molecule has 1 saturated heterocycles. The molecule has 0 radical (unpaired) electrons. The Kier molecular flexibility index (Phi) is 4.97. The van der Waals surface area contributed by atoms with Gasteiger partial charge in [0.1, 0.15) is 13.2 Å². The van der Waals surface area contributed by atoms with Gasteiger partial charge in [0.05, 0.1) is 11.4 Å². The Balaban J connectivity index is 1.69. The number of hydrogen-bond donors (Lipinski definition) is 1. The molecule has 2 aliphatic rings. The van der Waals surface area contributed by atoms with Crippen molar-refractivity contribution in [3.63, 3.8) is 0 Å². The topological polar surface area (TPSA) is 64.8 Å². The van der Waals surface area contributed by atoms with Gasteiger partial charge in [0.15, 0.2) is 11.5 Å². The fraction of sp³-hybridized carbons (Fsp3) is 0.588. The first-order chi connectivity index (χ1) is 11.0. The van der Waals surface area contributed by atoms with Gasteiger partial charge in [0.2, 0.25) is 5.91 Å². The van der Waals surface area contributed by atoms with Gasteiger partial charge >= 0.3 is 0 Å². The molecular weight excluding hydrogens is 316 g/mol. The van der Waals surface area contributed by atoms with Crippen LogP contribution in [0.1, 0.15) is 25.3 Å². The highest BCUT2D eigenvalue weighted by molar-refractivity contribution is 6.32. The second-order valence-electron chi connectivity index (χ2n) is 6.38. The monoisotopic (exact) mass is 338 g/mol. The maximum Gasteiger partial charge on any atom is 0.227 e. The normalized spacial score (nSPS) is 21.9. The number of carbonyl (C=O) groups is 1. The van der Waals surface area contributed by atoms with Crippen LogP contribution in [-0.2, 0) is 11.2 Å². The summed E-state index contributed by atoms with van der Waals surface area (Å²) in [4.78, 5) is 14.5. The summed E-state index contributed by atoms with van der Waals surface area (Å²) >= 11 is 6.23. The minimum absolute atomic E-state index is 0.114. The maximum atomic E-state index is 12.6. The number of likely N-dealkylation sites (tertiary alicyclic amines) is 1. The standard InChI is InChI=1S/C17H23ClN2O3/c1-11(19)13-3-2-4-20(10-13)16(21)9-12-7-14(18)17-15(8-12)22-5-6-23-17/h7-8,11,13H,2-6,9-10,19H2,1H3. The first kappa shape index (κ1) is 16.4. The molecule has 0 saturated carbocycles. The fourth-order valence-corrected chi connectivity index (χ4v) is 3.51. The highest BCUT2D eigenvalue weighted by Gasteiger charge is 2.26. The Bertz CT molecular complexity index is 591. The largest absolute Gasteiger partial charge is 0.486 e. The Morgan fingerprint density at radius 3 is 3.00 bits per heavy atom. The lowest BCUT2D eigenvalue weighted by Crippen LogP contribution is -2.45. The van der Waals surface area contributed by atoms with Crippen LogP contribution in [0.25, 0.3) is 0 Å². The van der Waals surface area contributed by atoms with E-state index in [1.54, 1.807) is 6.07 Å². The summed E-state index contributed by atoms with van der Waals surface area (Å²) < 4.78 is 11.1. The van der Waals surface area contributed by atoms with E-state index in [0.29, 0.717) is 42.1 Å². The third-order valence-electron chi connectivity index (χ3n) is 4.57. The van der Waals surface area contributed by atoms with Crippen molar-refractivity contribution in [3.05, 3.63) is 22.7 Å². The summed E-state index contributed by atoms with van der Waals surface area (Å²) in [5, 5.41) is 0.497. The molecule has 126 valence electrons. The smallest absolute Gasteiger partial charge is 0.227 e. The fourth-order valence-electron chi connectivity index (χ4n) is 3.22. The molecular formula is C17H23ClN2O3. The molecule has 3 rings (SSSR count). The third-order valence-corrected chi connectivity index (χ3v) is 4.85. The van der Waals surface area contributed by atoms with E-state index in [4.69, 9.17) is 26.8 Å². The Morgan fingerprint density at radius 2 is 2.22 bits per heavy atom. The minimum atomic E-state index is 0.114. The van der Waals surface area contributed by atoms with Crippen LogP contribution in [0.15, 0.2) is 12.1 Å². The van der Waals surface area contributed by atoms with Crippen LogP contribution in [-0.4, -0.2) is 43.2 Å². The molecule has 5 nitrogen and oxygen atoms in total. The van der Waals surface area contributed by atoms with Crippen LogP contribution in [0.5, 0.6) is 11.5 Å². The summed E-state index contributed by atoms with van der Waals surface area (Å²) in [7, 11) is 0. The van der Waals surface area contributed by atoms with Crippen molar-refractivity contribution in [2.45, 2.75) is 32.2 Å². The molecule has 1 aromatic carbocycles. The van der Waals surface area contributed by atoms with E-state index in [1.807, 2.05) is 17.9 Å². The number of benzene rings is 1. The quantitative estimate of drug-likeness (QED) is 0.918. The van der Waals surface area contributed by atoms with Crippen molar-refractivity contribution in [2.75, 3.05) is 26.3 Å². The van der Waals surface area contributed by atoms with Crippen LogP contribution in [0, 0.1) is 5.92 Å². The number of halogens is 1. The van der Waals surface area contributed by atoms with E-state index in [9.17, 15) is 4.79 Å². The molecule has 2 atom stereocenters. The molecule has 1 amide bonds. The molecule has 0 aromatic heterocycles. The molecule has 1 fully saturated rings. The van der Waals surface area contributed by atoms with E-state index >= 15 is 0 Å². The van der Waals surface area contributed by atoms with Crippen molar-refractivity contribution in [1.82, 2.24) is 4.90 Å². The number of rotatable bonds is 3. The predicted molar refractivity (Wildman–Crippen MR) is 89.1 cm³/mol. The molecule has 1 aromatic rings. The molecule has 6 heteroatoms. The van der Waals surface area contributed by atoms with Crippen molar-refractivity contribution in [3.8, 4) is 11.5 Å². The molecule has 23 heavy (non-hydrogen) atoms. The number of amides is 1. The summed E-state index contributed by atoms with van der Waals surface area (Å²) in [5.41, 5.74) is 6.85. The highest BCUT2D eigenvalue weighted by atomic mass is 35.5. The number of nitrogens with zero attached hydrogens (tertiary/aromatic N) is 1. The molecule has 2 N–H and O–H groups in total. The molecule has 2 heterocycles. The van der Waals surface area contributed by atoms with Crippen LogP contribution in [0.2, 0.25) is 5.02 Å². The van der Waals surface area contributed by atoms with Crippen molar-refractivity contribution < 1.29 is 14.3 Å². The van der Waals surface area contributed by atoms with Gasteiger partial charge in [-0.3, -0.25) is 4.79 Å². The molecule has 0 spiro atoms. The van der Waals surface area contributed by atoms with E-state index < -0.39 is 0 Å². The Hall–Kier alpha value is -1.46. The van der Waals surface area contributed by atoms with E-state index in [-0.39, 0.29) is 11.9 Å². The van der Waals surface area contributed by atoms with Gasteiger partial charge in [0, 0.05) is 19.1 Å². The number of hydrogen-bond acceptors (Lipinski definition) is 4.